The van der Waals surface area contributed by atoms with E-state index in [9.17, 15) is 19.2 Å². The normalized spacial score (nSPS) is 15.9. The molecule has 2 heterocycles. The van der Waals surface area contributed by atoms with Gasteiger partial charge in [-0.2, -0.15) is 0 Å². The Morgan fingerprint density at radius 2 is 1.81 bits per heavy atom. The smallest absolute Gasteiger partial charge is 0.328 e. The molecule has 0 aliphatic carbocycles. The lowest BCUT2D eigenvalue weighted by Gasteiger charge is -2.28. The molecule has 11 nitrogen and oxygen atoms in total. The van der Waals surface area contributed by atoms with E-state index in [1.165, 1.54) is 11.1 Å². The summed E-state index contributed by atoms with van der Waals surface area (Å²) in [5.74, 6) is -2.78. The lowest BCUT2D eigenvalue weighted by molar-refractivity contribution is -0.143. The molecule has 0 spiro atoms. The number of piperidine rings is 1. The molecule has 1 saturated heterocycles. The Balaban J connectivity index is 0.000000493. The molecule has 1 fully saturated rings. The number of benzene rings is 1. The number of amides is 1. The third-order valence-corrected chi connectivity index (χ3v) is 5.62. The standard InChI is InChI=1S/C21H31N3O4.C4H4O4/c1-2-27-21(26)8-12-24-11-7-16-3-4-18(13-17(16)14-24)23-20(25)15-28-19-5-9-22-10-6-19;5-3(6)1-2-4(7)8/h3-4,13,19,22H,2,5-12,14-15H2,1H3,(H,23,25);1-2H,(H,5,6)(H,7,8). The van der Waals surface area contributed by atoms with Crippen LogP contribution in [0.3, 0.4) is 0 Å². The number of hydrogen-bond donors (Lipinski definition) is 4. The number of carbonyl (C=O) groups is 4. The van der Waals surface area contributed by atoms with Crippen LogP contribution in [-0.4, -0.2) is 84.4 Å². The van der Waals surface area contributed by atoms with Crippen molar-refractivity contribution in [1.29, 1.82) is 0 Å². The predicted octanol–water partition coefficient (Wildman–Crippen LogP) is 1.42. The number of nitrogens with one attached hydrogen (secondary N) is 2. The van der Waals surface area contributed by atoms with Gasteiger partial charge >= 0.3 is 17.9 Å². The molecule has 2 aliphatic heterocycles. The Hall–Kier alpha value is -3.28. The summed E-state index contributed by atoms with van der Waals surface area (Å²) in [5, 5.41) is 21.9. The first-order chi connectivity index (χ1) is 17.3. The lowest BCUT2D eigenvalue weighted by Crippen LogP contribution is -2.34. The van der Waals surface area contributed by atoms with Crippen molar-refractivity contribution in [3.05, 3.63) is 41.5 Å². The number of rotatable bonds is 10. The third kappa shape index (κ3) is 11.4. The predicted molar refractivity (Wildman–Crippen MR) is 132 cm³/mol. The first-order valence-corrected chi connectivity index (χ1v) is 12.0. The Bertz CT molecular complexity index is 912. The van der Waals surface area contributed by atoms with Gasteiger partial charge in [-0.3, -0.25) is 14.5 Å². The van der Waals surface area contributed by atoms with Crippen molar-refractivity contribution in [1.82, 2.24) is 10.2 Å². The molecule has 0 aromatic heterocycles. The van der Waals surface area contributed by atoms with Crippen LogP contribution in [0.1, 0.15) is 37.3 Å². The van der Waals surface area contributed by atoms with Gasteiger partial charge in [0.05, 0.1) is 19.1 Å². The fraction of sp³-hybridized carbons (Fsp3) is 0.520. The monoisotopic (exact) mass is 505 g/mol. The van der Waals surface area contributed by atoms with Gasteiger partial charge in [0.15, 0.2) is 0 Å². The summed E-state index contributed by atoms with van der Waals surface area (Å²) in [6.45, 7) is 6.64. The maximum Gasteiger partial charge on any atom is 0.328 e. The first kappa shape index (κ1) is 29.0. The molecule has 0 bridgehead atoms. The Kier molecular flexibility index (Phi) is 12.6. The molecule has 0 saturated carbocycles. The number of esters is 1. The molecule has 1 amide bonds. The van der Waals surface area contributed by atoms with Crippen LogP contribution in [-0.2, 0) is 41.6 Å². The summed E-state index contributed by atoms with van der Waals surface area (Å²) in [5.41, 5.74) is 3.30. The average Bonchev–Trinajstić information content (AvgIpc) is 2.86. The van der Waals surface area contributed by atoms with E-state index in [2.05, 4.69) is 21.6 Å². The van der Waals surface area contributed by atoms with Gasteiger partial charge in [-0.15, -0.1) is 0 Å². The molecule has 3 rings (SSSR count). The van der Waals surface area contributed by atoms with Crippen molar-refractivity contribution < 1.29 is 38.9 Å². The van der Waals surface area contributed by atoms with Crippen molar-refractivity contribution in [2.45, 2.75) is 45.3 Å². The van der Waals surface area contributed by atoms with Crippen molar-refractivity contribution >= 4 is 29.5 Å². The molecular weight excluding hydrogens is 470 g/mol. The number of fused-ring (bicyclic) bond motifs is 1. The van der Waals surface area contributed by atoms with Crippen molar-refractivity contribution in [2.75, 3.05) is 44.7 Å². The largest absolute Gasteiger partial charge is 0.478 e. The first-order valence-electron chi connectivity index (χ1n) is 12.0. The van der Waals surface area contributed by atoms with Crippen LogP contribution >= 0.6 is 0 Å². The van der Waals surface area contributed by atoms with Gasteiger partial charge in [-0.05, 0) is 62.5 Å². The molecule has 4 N–H and O–H groups in total. The van der Waals surface area contributed by atoms with Gasteiger partial charge in [-0.1, -0.05) is 6.07 Å². The number of nitrogens with zero attached hydrogens (tertiary/aromatic N) is 1. The number of anilines is 1. The summed E-state index contributed by atoms with van der Waals surface area (Å²) in [6, 6.07) is 6.07. The highest BCUT2D eigenvalue weighted by atomic mass is 16.5. The van der Waals surface area contributed by atoms with E-state index >= 15 is 0 Å². The van der Waals surface area contributed by atoms with Crippen LogP contribution < -0.4 is 10.6 Å². The van der Waals surface area contributed by atoms with Gasteiger partial charge in [-0.25, -0.2) is 9.59 Å². The number of carboxylic acid groups (broad SMARTS) is 2. The summed E-state index contributed by atoms with van der Waals surface area (Å²) < 4.78 is 10.7. The fourth-order valence-electron chi connectivity index (χ4n) is 3.86. The number of carboxylic acids is 2. The molecule has 11 heteroatoms. The number of ether oxygens (including phenoxy) is 2. The van der Waals surface area contributed by atoms with E-state index in [0.29, 0.717) is 31.7 Å². The zero-order valence-electron chi connectivity index (χ0n) is 20.5. The van der Waals surface area contributed by atoms with Crippen molar-refractivity contribution in [2.24, 2.45) is 0 Å². The van der Waals surface area contributed by atoms with Gasteiger partial charge in [0.25, 0.3) is 0 Å². The van der Waals surface area contributed by atoms with Gasteiger partial charge in [0.1, 0.15) is 6.61 Å². The fourth-order valence-corrected chi connectivity index (χ4v) is 3.86. The lowest BCUT2D eigenvalue weighted by atomic mass is 9.99. The van der Waals surface area contributed by atoms with Crippen LogP contribution in [0.5, 0.6) is 0 Å². The number of carbonyl (C=O) groups excluding carboxylic acids is 2. The summed E-state index contributed by atoms with van der Waals surface area (Å²) in [7, 11) is 0. The summed E-state index contributed by atoms with van der Waals surface area (Å²) >= 11 is 0. The van der Waals surface area contributed by atoms with Crippen LogP contribution in [0.15, 0.2) is 30.4 Å². The summed E-state index contributed by atoms with van der Waals surface area (Å²) in [4.78, 5) is 45.1. The highest BCUT2D eigenvalue weighted by Gasteiger charge is 2.19. The van der Waals surface area contributed by atoms with Crippen molar-refractivity contribution in [3.8, 4) is 0 Å². The van der Waals surface area contributed by atoms with E-state index < -0.39 is 11.9 Å². The highest BCUT2D eigenvalue weighted by Crippen LogP contribution is 2.23. The Morgan fingerprint density at radius 1 is 1.11 bits per heavy atom. The summed E-state index contributed by atoms with van der Waals surface area (Å²) in [6.07, 6.45) is 4.55. The number of hydrogen-bond acceptors (Lipinski definition) is 8. The maximum absolute atomic E-state index is 12.2. The second-order valence-electron chi connectivity index (χ2n) is 8.38. The van der Waals surface area contributed by atoms with Gasteiger partial charge < -0.3 is 30.3 Å². The highest BCUT2D eigenvalue weighted by molar-refractivity contribution is 5.92. The average molecular weight is 506 g/mol. The number of aliphatic carboxylic acids is 2. The second kappa shape index (κ2) is 15.7. The molecular formula is C25H35N3O8. The SMILES string of the molecule is CCOC(=O)CCN1CCc2ccc(NC(=O)COC3CCNCC3)cc2C1.O=C(O)C=CC(=O)O. The van der Waals surface area contributed by atoms with Gasteiger partial charge in [0.2, 0.25) is 5.91 Å². The Labute approximate surface area is 210 Å². The van der Waals surface area contributed by atoms with Crippen molar-refractivity contribution in [3.63, 3.8) is 0 Å². The minimum Gasteiger partial charge on any atom is -0.478 e. The second-order valence-corrected chi connectivity index (χ2v) is 8.38. The van der Waals surface area contributed by atoms with E-state index in [1.54, 1.807) is 0 Å². The molecule has 0 radical (unpaired) electrons. The maximum atomic E-state index is 12.2. The molecule has 0 unspecified atom stereocenters. The van der Waals surface area contributed by atoms with Crippen LogP contribution in [0, 0.1) is 0 Å². The minimum atomic E-state index is -1.26. The quantitative estimate of drug-likeness (QED) is 0.271. The Morgan fingerprint density at radius 3 is 2.44 bits per heavy atom. The molecule has 1 aromatic rings. The van der Waals surface area contributed by atoms with E-state index in [0.717, 1.165) is 51.1 Å². The topological polar surface area (TPSA) is 154 Å². The van der Waals surface area contributed by atoms with E-state index in [4.69, 9.17) is 19.7 Å². The molecule has 1 aromatic carbocycles. The van der Waals surface area contributed by atoms with E-state index in [1.807, 2.05) is 19.1 Å². The van der Waals surface area contributed by atoms with Crippen LogP contribution in [0.25, 0.3) is 0 Å². The minimum absolute atomic E-state index is 0.0907. The molecule has 2 aliphatic rings. The van der Waals surface area contributed by atoms with Gasteiger partial charge in [0, 0.05) is 37.5 Å². The molecule has 0 atom stereocenters. The van der Waals surface area contributed by atoms with Crippen LogP contribution in [0.2, 0.25) is 0 Å². The zero-order chi connectivity index (χ0) is 26.3. The van der Waals surface area contributed by atoms with Crippen LogP contribution in [0.4, 0.5) is 5.69 Å². The third-order valence-electron chi connectivity index (χ3n) is 5.62. The molecule has 36 heavy (non-hydrogen) atoms. The molecule has 198 valence electrons. The van der Waals surface area contributed by atoms with E-state index in [-0.39, 0.29) is 24.6 Å². The zero-order valence-corrected chi connectivity index (χ0v) is 20.5.